The highest BCUT2D eigenvalue weighted by atomic mass is 16.5. The molecule has 0 amide bonds. The van der Waals surface area contributed by atoms with Crippen LogP contribution in [0.1, 0.15) is 33.6 Å². The lowest BCUT2D eigenvalue weighted by molar-refractivity contribution is -0.136. The third-order valence-electron chi connectivity index (χ3n) is 2.50. The first-order chi connectivity index (χ1) is 8.42. The number of nitrogens with one attached hydrogen (secondary N) is 1. The second-order valence-corrected chi connectivity index (χ2v) is 4.59. The monoisotopic (exact) mass is 253 g/mol. The van der Waals surface area contributed by atoms with Crippen molar-refractivity contribution in [1.82, 2.24) is 5.32 Å². The van der Waals surface area contributed by atoms with Gasteiger partial charge in [-0.1, -0.05) is 13.0 Å². The first-order valence-electron chi connectivity index (χ1n) is 6.04. The predicted molar refractivity (Wildman–Crippen MR) is 72.0 cm³/mol. The van der Waals surface area contributed by atoms with Crippen molar-refractivity contribution >= 4 is 11.8 Å². The van der Waals surface area contributed by atoms with Gasteiger partial charge in [0.05, 0.1) is 13.7 Å². The molecule has 1 N–H and O–H groups in total. The van der Waals surface area contributed by atoms with E-state index in [1.54, 1.807) is 19.9 Å². The highest BCUT2D eigenvalue weighted by Gasteiger charge is 2.13. The van der Waals surface area contributed by atoms with Gasteiger partial charge < -0.3 is 10.1 Å². The highest BCUT2D eigenvalue weighted by molar-refractivity contribution is 5.90. The van der Waals surface area contributed by atoms with Crippen LogP contribution in [0.25, 0.3) is 0 Å². The largest absolute Gasteiger partial charge is 0.464 e. The number of esters is 1. The van der Waals surface area contributed by atoms with Gasteiger partial charge in [-0.05, 0) is 31.8 Å². The number of ketones is 1. The van der Waals surface area contributed by atoms with E-state index in [9.17, 15) is 9.59 Å². The number of ether oxygens (including phenoxy) is 1. The number of carbonyl (C=O) groups excluding carboxylic acids is 2. The zero-order valence-corrected chi connectivity index (χ0v) is 11.7. The highest BCUT2D eigenvalue weighted by Crippen LogP contribution is 2.08. The van der Waals surface area contributed by atoms with Crippen LogP contribution in [-0.4, -0.2) is 25.4 Å². The summed E-state index contributed by atoms with van der Waals surface area (Å²) in [5, 5.41) is 2.85. The van der Waals surface area contributed by atoms with Crippen molar-refractivity contribution < 1.29 is 14.3 Å². The molecule has 0 rings (SSSR count). The van der Waals surface area contributed by atoms with Gasteiger partial charge in [0.1, 0.15) is 5.70 Å². The molecule has 4 nitrogen and oxygen atoms in total. The first kappa shape index (κ1) is 16.4. The fourth-order valence-electron chi connectivity index (χ4n) is 1.57. The van der Waals surface area contributed by atoms with Crippen molar-refractivity contribution in [3.05, 3.63) is 23.9 Å². The van der Waals surface area contributed by atoms with Crippen LogP contribution in [0.2, 0.25) is 0 Å². The summed E-state index contributed by atoms with van der Waals surface area (Å²) in [7, 11) is 1.32. The molecular weight excluding hydrogens is 230 g/mol. The minimum Gasteiger partial charge on any atom is -0.464 e. The molecule has 0 aliphatic carbocycles. The molecule has 0 fully saturated rings. The molecule has 0 saturated heterocycles. The fraction of sp³-hybridized carbons (Fsp3) is 0.571. The number of methoxy groups -OCH3 is 1. The number of Topliss-reactive ketones (excluding diaryl/α,β-unsaturated/α-hetero) is 1. The minimum absolute atomic E-state index is 0.0759. The van der Waals surface area contributed by atoms with Crippen molar-refractivity contribution in [3.63, 3.8) is 0 Å². The maximum atomic E-state index is 11.7. The van der Waals surface area contributed by atoms with E-state index in [4.69, 9.17) is 0 Å². The molecule has 0 aromatic heterocycles. The van der Waals surface area contributed by atoms with E-state index in [1.807, 2.05) is 6.92 Å². The summed E-state index contributed by atoms with van der Waals surface area (Å²) >= 11 is 0. The molecule has 0 saturated carbocycles. The molecule has 1 atom stereocenters. The standard InChI is InChI=1S/C14H23NO3/c1-6-7-11(4)8-12(16)9-15-13(10(2)3)14(17)18-5/h6,11,15H,1,7-9H2,2-5H3/t11-/m1/s1. The Morgan fingerprint density at radius 1 is 1.39 bits per heavy atom. The molecule has 0 unspecified atom stereocenters. The van der Waals surface area contributed by atoms with Gasteiger partial charge in [-0.3, -0.25) is 4.79 Å². The summed E-state index contributed by atoms with van der Waals surface area (Å²) in [5.74, 6) is -0.0842. The summed E-state index contributed by atoms with van der Waals surface area (Å²) in [4.78, 5) is 23.1. The second kappa shape index (κ2) is 8.50. The quantitative estimate of drug-likeness (QED) is 0.409. The lowest BCUT2D eigenvalue weighted by atomic mass is 10.0. The Bertz CT molecular complexity index is 341. The summed E-state index contributed by atoms with van der Waals surface area (Å²) in [6.07, 6.45) is 3.11. The van der Waals surface area contributed by atoms with Gasteiger partial charge in [0.25, 0.3) is 0 Å². The first-order valence-corrected chi connectivity index (χ1v) is 6.04. The maximum absolute atomic E-state index is 11.7. The zero-order valence-electron chi connectivity index (χ0n) is 11.7. The molecule has 4 heteroatoms. The van der Waals surface area contributed by atoms with Gasteiger partial charge in [0.2, 0.25) is 0 Å². The van der Waals surface area contributed by atoms with Crippen LogP contribution < -0.4 is 5.32 Å². The van der Waals surface area contributed by atoms with Crippen molar-refractivity contribution in [3.8, 4) is 0 Å². The Morgan fingerprint density at radius 3 is 2.44 bits per heavy atom. The lowest BCUT2D eigenvalue weighted by Crippen LogP contribution is -2.29. The summed E-state index contributed by atoms with van der Waals surface area (Å²) < 4.78 is 4.64. The molecule has 0 spiro atoms. The van der Waals surface area contributed by atoms with Crippen LogP contribution in [-0.2, 0) is 14.3 Å². The van der Waals surface area contributed by atoms with Crippen molar-refractivity contribution in [2.24, 2.45) is 5.92 Å². The zero-order chi connectivity index (χ0) is 14.1. The number of carbonyl (C=O) groups is 2. The van der Waals surface area contributed by atoms with E-state index in [0.717, 1.165) is 12.0 Å². The number of allylic oxidation sites excluding steroid dienone is 2. The SMILES string of the molecule is C=CC[C@@H](C)CC(=O)CNC(C(=O)OC)=C(C)C. The van der Waals surface area contributed by atoms with Crippen LogP contribution in [0, 0.1) is 5.92 Å². The van der Waals surface area contributed by atoms with Gasteiger partial charge >= 0.3 is 5.97 Å². The molecule has 102 valence electrons. The molecule has 0 heterocycles. The molecular formula is C14H23NO3. The van der Waals surface area contributed by atoms with Crippen molar-refractivity contribution in [2.45, 2.75) is 33.6 Å². The Balaban J connectivity index is 4.30. The molecule has 0 bridgehead atoms. The van der Waals surface area contributed by atoms with Gasteiger partial charge in [0.15, 0.2) is 5.78 Å². The van der Waals surface area contributed by atoms with Gasteiger partial charge in [0, 0.05) is 6.42 Å². The average Bonchev–Trinajstić information content (AvgIpc) is 2.28. The Labute approximate surface area is 109 Å². The van der Waals surface area contributed by atoms with Gasteiger partial charge in [-0.25, -0.2) is 4.79 Å². The molecule has 0 aromatic carbocycles. The second-order valence-electron chi connectivity index (χ2n) is 4.59. The van der Waals surface area contributed by atoms with Crippen molar-refractivity contribution in [1.29, 1.82) is 0 Å². The summed E-state index contributed by atoms with van der Waals surface area (Å²) in [6.45, 7) is 9.39. The third-order valence-corrected chi connectivity index (χ3v) is 2.50. The van der Waals surface area contributed by atoms with E-state index >= 15 is 0 Å². The fourth-order valence-corrected chi connectivity index (χ4v) is 1.57. The average molecular weight is 253 g/mol. The minimum atomic E-state index is -0.443. The molecule has 18 heavy (non-hydrogen) atoms. The van der Waals surface area contributed by atoms with Crippen LogP contribution in [0.15, 0.2) is 23.9 Å². The number of hydrogen-bond acceptors (Lipinski definition) is 4. The van der Waals surface area contributed by atoms with Gasteiger partial charge in [-0.2, -0.15) is 0 Å². The summed E-state index contributed by atoms with van der Waals surface area (Å²) in [6, 6.07) is 0. The Morgan fingerprint density at radius 2 is 2.00 bits per heavy atom. The van der Waals surface area contributed by atoms with E-state index in [-0.39, 0.29) is 18.2 Å². The third kappa shape index (κ3) is 6.23. The van der Waals surface area contributed by atoms with E-state index < -0.39 is 5.97 Å². The van der Waals surface area contributed by atoms with E-state index in [2.05, 4.69) is 16.6 Å². The topological polar surface area (TPSA) is 55.4 Å². The Hall–Kier alpha value is -1.58. The predicted octanol–water partition coefficient (Wildman–Crippen LogP) is 2.21. The maximum Gasteiger partial charge on any atom is 0.354 e. The molecule has 0 radical (unpaired) electrons. The van der Waals surface area contributed by atoms with Crippen LogP contribution in [0.4, 0.5) is 0 Å². The number of rotatable bonds is 8. The summed E-state index contributed by atoms with van der Waals surface area (Å²) in [5.41, 5.74) is 1.16. The van der Waals surface area contributed by atoms with E-state index in [0.29, 0.717) is 12.1 Å². The normalized spacial score (nSPS) is 11.3. The Kier molecular flexibility index (Phi) is 7.76. The van der Waals surface area contributed by atoms with Crippen LogP contribution >= 0.6 is 0 Å². The van der Waals surface area contributed by atoms with Crippen LogP contribution in [0.5, 0.6) is 0 Å². The van der Waals surface area contributed by atoms with E-state index in [1.165, 1.54) is 7.11 Å². The lowest BCUT2D eigenvalue weighted by Gasteiger charge is -2.12. The van der Waals surface area contributed by atoms with Crippen molar-refractivity contribution in [2.75, 3.05) is 13.7 Å². The van der Waals surface area contributed by atoms with Crippen LogP contribution in [0.3, 0.4) is 0 Å². The van der Waals surface area contributed by atoms with Gasteiger partial charge in [-0.15, -0.1) is 6.58 Å². The number of hydrogen-bond donors (Lipinski definition) is 1. The molecule has 0 aliphatic heterocycles. The smallest absolute Gasteiger partial charge is 0.354 e. The molecule has 0 aliphatic rings. The molecule has 0 aromatic rings.